The molecule has 2 rings (SSSR count). The number of hydrogen-bond acceptors (Lipinski definition) is 4. The Morgan fingerprint density at radius 2 is 1.86 bits per heavy atom. The molecule has 0 saturated heterocycles. The van der Waals surface area contributed by atoms with Crippen molar-refractivity contribution in [2.75, 3.05) is 7.11 Å². The molecule has 0 saturated carbocycles. The van der Waals surface area contributed by atoms with Crippen LogP contribution in [0.1, 0.15) is 39.7 Å². The monoisotopic (exact) mass is 303 g/mol. The van der Waals surface area contributed by atoms with Crippen LogP contribution in [0, 0.1) is 10.8 Å². The van der Waals surface area contributed by atoms with Gasteiger partial charge >= 0.3 is 0 Å². The maximum absolute atomic E-state index is 8.02. The molecule has 2 N–H and O–H groups in total. The first-order chi connectivity index (χ1) is 10.6. The summed E-state index contributed by atoms with van der Waals surface area (Å²) in [5, 5.41) is 16.5. The second-order valence-electron chi connectivity index (χ2n) is 4.42. The number of fused-ring (bicyclic) bond motifs is 1. The Balaban J connectivity index is 0.00000116. The first-order valence-corrected chi connectivity index (χ1v) is 7.61. The number of aryl methyl sites for hydroxylation is 1. The second-order valence-corrected chi connectivity index (χ2v) is 4.42. The SMILES string of the molecule is CC.CCC(=N)OC(=N)c1cn(CC)c2cc(OC)ccc12. The molecule has 0 aliphatic rings. The van der Waals surface area contributed by atoms with Crippen LogP contribution in [0.2, 0.25) is 0 Å². The molecule has 0 aliphatic heterocycles. The molecule has 120 valence electrons. The van der Waals surface area contributed by atoms with Gasteiger partial charge in [-0.1, -0.05) is 20.8 Å². The average molecular weight is 303 g/mol. The molecular weight excluding hydrogens is 278 g/mol. The zero-order chi connectivity index (χ0) is 16.7. The van der Waals surface area contributed by atoms with E-state index in [1.807, 2.05) is 56.7 Å². The summed E-state index contributed by atoms with van der Waals surface area (Å²) in [4.78, 5) is 0. The molecule has 0 amide bonds. The minimum absolute atomic E-state index is 0.0132. The maximum atomic E-state index is 8.02. The fourth-order valence-electron chi connectivity index (χ4n) is 2.09. The molecule has 2 aromatic rings. The van der Waals surface area contributed by atoms with Crippen LogP contribution in [-0.2, 0) is 11.3 Å². The van der Waals surface area contributed by atoms with E-state index in [-0.39, 0.29) is 11.8 Å². The predicted molar refractivity (Wildman–Crippen MR) is 91.4 cm³/mol. The van der Waals surface area contributed by atoms with Crippen molar-refractivity contribution < 1.29 is 9.47 Å². The van der Waals surface area contributed by atoms with Crippen molar-refractivity contribution in [2.24, 2.45) is 0 Å². The van der Waals surface area contributed by atoms with Gasteiger partial charge in [0.25, 0.3) is 0 Å². The van der Waals surface area contributed by atoms with Gasteiger partial charge in [0.1, 0.15) is 5.75 Å². The Hall–Kier alpha value is -2.30. The summed E-state index contributed by atoms with van der Waals surface area (Å²) < 4.78 is 12.5. The van der Waals surface area contributed by atoms with Gasteiger partial charge in [-0.2, -0.15) is 0 Å². The molecule has 0 radical (unpaired) electrons. The fraction of sp³-hybridized carbons (Fsp3) is 0.412. The summed E-state index contributed by atoms with van der Waals surface area (Å²) in [6, 6.07) is 5.73. The van der Waals surface area contributed by atoms with Gasteiger partial charge in [-0.15, -0.1) is 0 Å². The Morgan fingerprint density at radius 3 is 2.41 bits per heavy atom. The van der Waals surface area contributed by atoms with E-state index in [9.17, 15) is 0 Å². The normalized spacial score (nSPS) is 9.86. The van der Waals surface area contributed by atoms with Crippen molar-refractivity contribution in [2.45, 2.75) is 40.7 Å². The van der Waals surface area contributed by atoms with Crippen LogP contribution in [0.25, 0.3) is 10.9 Å². The van der Waals surface area contributed by atoms with Crippen molar-refractivity contribution >= 4 is 22.7 Å². The number of hydrogen-bond donors (Lipinski definition) is 2. The summed E-state index contributed by atoms with van der Waals surface area (Å²) in [5.41, 5.74) is 1.70. The standard InChI is InChI=1S/C15H19N3O2.C2H6/c1-4-14(16)20-15(17)12-9-18(5-2)13-8-10(19-3)6-7-11(12)13;1-2/h6-9,16-17H,4-5H2,1-3H3;1-2H3. The van der Waals surface area contributed by atoms with Crippen LogP contribution in [0.3, 0.4) is 0 Å². The number of benzene rings is 1. The van der Waals surface area contributed by atoms with Crippen LogP contribution in [0.15, 0.2) is 24.4 Å². The quantitative estimate of drug-likeness (QED) is 0.648. The van der Waals surface area contributed by atoms with E-state index in [2.05, 4.69) is 0 Å². The Labute approximate surface area is 131 Å². The van der Waals surface area contributed by atoms with E-state index in [0.29, 0.717) is 12.0 Å². The van der Waals surface area contributed by atoms with Crippen molar-refractivity contribution in [3.63, 3.8) is 0 Å². The predicted octanol–water partition coefficient (Wildman–Crippen LogP) is 4.43. The lowest BCUT2D eigenvalue weighted by Crippen LogP contribution is -2.10. The first-order valence-electron chi connectivity index (χ1n) is 7.61. The molecule has 22 heavy (non-hydrogen) atoms. The maximum Gasteiger partial charge on any atom is 0.223 e. The fourth-order valence-corrected chi connectivity index (χ4v) is 2.09. The van der Waals surface area contributed by atoms with Crippen molar-refractivity contribution in [3.05, 3.63) is 30.0 Å². The zero-order valence-electron chi connectivity index (χ0n) is 14.0. The molecule has 1 aromatic heterocycles. The van der Waals surface area contributed by atoms with Crippen molar-refractivity contribution in [1.29, 1.82) is 10.8 Å². The molecule has 0 aliphatic carbocycles. The molecule has 0 spiro atoms. The van der Waals surface area contributed by atoms with E-state index < -0.39 is 0 Å². The Morgan fingerprint density at radius 1 is 1.18 bits per heavy atom. The summed E-state index contributed by atoms with van der Waals surface area (Å²) in [7, 11) is 1.63. The van der Waals surface area contributed by atoms with Crippen LogP contribution < -0.4 is 4.74 Å². The van der Waals surface area contributed by atoms with Crippen molar-refractivity contribution in [1.82, 2.24) is 4.57 Å². The van der Waals surface area contributed by atoms with E-state index in [1.54, 1.807) is 7.11 Å². The smallest absolute Gasteiger partial charge is 0.223 e. The molecule has 0 unspecified atom stereocenters. The number of nitrogens with one attached hydrogen (secondary N) is 2. The summed E-state index contributed by atoms with van der Waals surface area (Å²) >= 11 is 0. The van der Waals surface area contributed by atoms with Crippen LogP contribution >= 0.6 is 0 Å². The van der Waals surface area contributed by atoms with Crippen molar-refractivity contribution in [3.8, 4) is 5.75 Å². The lowest BCUT2D eigenvalue weighted by Gasteiger charge is -2.05. The number of nitrogens with zero attached hydrogens (tertiary/aromatic N) is 1. The molecular formula is C17H25N3O2. The summed E-state index contributed by atoms with van der Waals surface area (Å²) in [6.07, 6.45) is 2.36. The van der Waals surface area contributed by atoms with Gasteiger partial charge in [0.05, 0.1) is 18.2 Å². The van der Waals surface area contributed by atoms with Gasteiger partial charge in [0, 0.05) is 30.6 Å². The van der Waals surface area contributed by atoms with Gasteiger partial charge in [0.15, 0.2) is 5.90 Å². The van der Waals surface area contributed by atoms with Gasteiger partial charge in [-0.25, -0.2) is 0 Å². The van der Waals surface area contributed by atoms with E-state index >= 15 is 0 Å². The number of methoxy groups -OCH3 is 1. The van der Waals surface area contributed by atoms with Crippen LogP contribution in [0.5, 0.6) is 5.75 Å². The van der Waals surface area contributed by atoms with Crippen LogP contribution in [-0.4, -0.2) is 23.5 Å². The number of aromatic nitrogens is 1. The zero-order valence-corrected chi connectivity index (χ0v) is 14.0. The molecule has 0 fully saturated rings. The highest BCUT2D eigenvalue weighted by atomic mass is 16.5. The molecule has 0 atom stereocenters. The third-order valence-electron chi connectivity index (χ3n) is 3.22. The Bertz CT molecular complexity index is 659. The molecule has 5 nitrogen and oxygen atoms in total. The topological polar surface area (TPSA) is 71.1 Å². The van der Waals surface area contributed by atoms with Gasteiger partial charge in [-0.3, -0.25) is 10.8 Å². The first kappa shape index (κ1) is 17.8. The minimum atomic E-state index is 0.0132. The lowest BCUT2D eigenvalue weighted by molar-refractivity contribution is 0.415. The molecule has 1 aromatic carbocycles. The number of ether oxygens (including phenoxy) is 2. The van der Waals surface area contributed by atoms with Gasteiger partial charge in [-0.05, 0) is 19.1 Å². The highest BCUT2D eigenvalue weighted by molar-refractivity contribution is 6.09. The van der Waals surface area contributed by atoms with Gasteiger partial charge in [0.2, 0.25) is 5.90 Å². The number of rotatable bonds is 4. The highest BCUT2D eigenvalue weighted by Gasteiger charge is 2.14. The van der Waals surface area contributed by atoms with E-state index in [0.717, 1.165) is 23.2 Å². The third-order valence-corrected chi connectivity index (χ3v) is 3.22. The largest absolute Gasteiger partial charge is 0.497 e. The minimum Gasteiger partial charge on any atom is -0.497 e. The third kappa shape index (κ3) is 3.67. The summed E-state index contributed by atoms with van der Waals surface area (Å²) in [6.45, 7) is 8.67. The van der Waals surface area contributed by atoms with Gasteiger partial charge < -0.3 is 14.0 Å². The second kappa shape index (κ2) is 8.22. The van der Waals surface area contributed by atoms with E-state index in [4.69, 9.17) is 20.3 Å². The lowest BCUT2D eigenvalue weighted by atomic mass is 10.1. The summed E-state index contributed by atoms with van der Waals surface area (Å²) in [5.74, 6) is 0.894. The highest BCUT2D eigenvalue weighted by Crippen LogP contribution is 2.26. The molecule has 1 heterocycles. The molecule has 5 heteroatoms. The molecule has 0 bridgehead atoms. The average Bonchev–Trinajstić information content (AvgIpc) is 2.94. The van der Waals surface area contributed by atoms with E-state index in [1.165, 1.54) is 0 Å². The van der Waals surface area contributed by atoms with Crippen LogP contribution in [0.4, 0.5) is 0 Å². The Kier molecular flexibility index (Phi) is 6.63.